The number of carbonyl (C=O) groups is 1. The number of amides is 1. The number of nitrogens with zero attached hydrogens (tertiary/aromatic N) is 2. The molecule has 1 aromatic carbocycles. The van der Waals surface area contributed by atoms with Gasteiger partial charge in [0.15, 0.2) is 0 Å². The highest BCUT2D eigenvalue weighted by molar-refractivity contribution is 6.30. The van der Waals surface area contributed by atoms with Crippen molar-refractivity contribution in [1.29, 1.82) is 0 Å². The first-order valence-electron chi connectivity index (χ1n) is 7.61. The Balaban J connectivity index is 1.67. The molecule has 5 nitrogen and oxygen atoms in total. The second-order valence-electron chi connectivity index (χ2n) is 5.58. The third kappa shape index (κ3) is 5.48. The van der Waals surface area contributed by atoms with Crippen LogP contribution in [0.2, 0.25) is 5.02 Å². The summed E-state index contributed by atoms with van der Waals surface area (Å²) in [5.74, 6) is 0.838. The number of benzene rings is 1. The van der Waals surface area contributed by atoms with Gasteiger partial charge in [0.1, 0.15) is 5.75 Å². The Bertz CT molecular complexity index is 471. The first-order chi connectivity index (χ1) is 10.5. The van der Waals surface area contributed by atoms with Crippen molar-refractivity contribution in [3.8, 4) is 5.75 Å². The highest BCUT2D eigenvalue weighted by Crippen LogP contribution is 2.15. The van der Waals surface area contributed by atoms with Gasteiger partial charge < -0.3 is 14.7 Å². The third-order valence-electron chi connectivity index (χ3n) is 3.65. The molecule has 0 aromatic heterocycles. The van der Waals surface area contributed by atoms with Crippen LogP contribution in [0.1, 0.15) is 13.3 Å². The fourth-order valence-electron chi connectivity index (χ4n) is 2.50. The number of rotatable bonds is 6. The van der Waals surface area contributed by atoms with Crippen molar-refractivity contribution in [2.24, 2.45) is 0 Å². The van der Waals surface area contributed by atoms with Crippen molar-refractivity contribution >= 4 is 17.5 Å². The number of hydrogen-bond donors (Lipinski definition) is 1. The van der Waals surface area contributed by atoms with Crippen molar-refractivity contribution < 1.29 is 14.6 Å². The van der Waals surface area contributed by atoms with Crippen molar-refractivity contribution in [1.82, 2.24) is 9.80 Å². The molecular weight excluding hydrogens is 304 g/mol. The highest BCUT2D eigenvalue weighted by atomic mass is 35.5. The standard InChI is InChI=1S/C16H23ClN2O3/c1-13(20)12-18-7-9-19(10-8-18)16(21)6-11-22-15-4-2-14(17)3-5-15/h2-5,13,20H,6-12H2,1H3/t13-/m1/s1. The van der Waals surface area contributed by atoms with Gasteiger partial charge in [0.05, 0.1) is 19.1 Å². The maximum atomic E-state index is 12.1. The topological polar surface area (TPSA) is 53.0 Å². The lowest BCUT2D eigenvalue weighted by Gasteiger charge is -2.35. The molecule has 1 aromatic rings. The largest absolute Gasteiger partial charge is 0.493 e. The summed E-state index contributed by atoms with van der Waals surface area (Å²) in [5.41, 5.74) is 0. The van der Waals surface area contributed by atoms with Crippen LogP contribution in [0.3, 0.4) is 0 Å². The quantitative estimate of drug-likeness (QED) is 0.863. The SMILES string of the molecule is C[C@@H](O)CN1CCN(C(=O)CCOc2ccc(Cl)cc2)CC1. The van der Waals surface area contributed by atoms with Crippen molar-refractivity contribution in [3.05, 3.63) is 29.3 Å². The van der Waals surface area contributed by atoms with E-state index in [1.807, 2.05) is 4.90 Å². The zero-order valence-electron chi connectivity index (χ0n) is 12.9. The number of piperazine rings is 1. The van der Waals surface area contributed by atoms with Gasteiger partial charge >= 0.3 is 0 Å². The summed E-state index contributed by atoms with van der Waals surface area (Å²) in [6, 6.07) is 7.11. The lowest BCUT2D eigenvalue weighted by Crippen LogP contribution is -2.50. The van der Waals surface area contributed by atoms with E-state index in [9.17, 15) is 9.90 Å². The molecule has 0 spiro atoms. The molecule has 2 rings (SSSR count). The molecule has 1 aliphatic heterocycles. The third-order valence-corrected chi connectivity index (χ3v) is 3.90. The second kappa shape index (κ2) is 8.36. The monoisotopic (exact) mass is 326 g/mol. The van der Waals surface area contributed by atoms with Crippen molar-refractivity contribution in [2.45, 2.75) is 19.4 Å². The molecule has 1 N–H and O–H groups in total. The Labute approximate surface area is 136 Å². The lowest BCUT2D eigenvalue weighted by atomic mass is 10.2. The Morgan fingerprint density at radius 1 is 1.27 bits per heavy atom. The average Bonchev–Trinajstić information content (AvgIpc) is 2.49. The van der Waals surface area contributed by atoms with Crippen molar-refractivity contribution in [2.75, 3.05) is 39.3 Å². The van der Waals surface area contributed by atoms with Gasteiger partial charge in [-0.2, -0.15) is 0 Å². The summed E-state index contributed by atoms with van der Waals surface area (Å²) in [5, 5.41) is 10.0. The first kappa shape index (κ1) is 17.1. The number of halogens is 1. The minimum atomic E-state index is -0.324. The van der Waals surface area contributed by atoms with E-state index in [1.165, 1.54) is 0 Å². The number of carbonyl (C=O) groups excluding carboxylic acids is 1. The van der Waals surface area contributed by atoms with Gasteiger partial charge in [-0.15, -0.1) is 0 Å². The minimum absolute atomic E-state index is 0.116. The van der Waals surface area contributed by atoms with Gasteiger partial charge in [-0.25, -0.2) is 0 Å². The Morgan fingerprint density at radius 2 is 1.91 bits per heavy atom. The summed E-state index contributed by atoms with van der Waals surface area (Å²) in [6.07, 6.45) is 0.0500. The zero-order valence-corrected chi connectivity index (χ0v) is 13.6. The van der Waals surface area contributed by atoms with Crippen LogP contribution in [0.5, 0.6) is 5.75 Å². The molecule has 1 heterocycles. The smallest absolute Gasteiger partial charge is 0.226 e. The Hall–Kier alpha value is -1.30. The predicted molar refractivity (Wildman–Crippen MR) is 86.3 cm³/mol. The molecule has 1 amide bonds. The van der Waals surface area contributed by atoms with Gasteiger partial charge in [-0.05, 0) is 31.2 Å². The van der Waals surface area contributed by atoms with E-state index < -0.39 is 0 Å². The van der Waals surface area contributed by atoms with E-state index in [0.717, 1.165) is 18.8 Å². The molecule has 6 heteroatoms. The molecule has 0 radical (unpaired) electrons. The number of ether oxygens (including phenoxy) is 1. The molecule has 1 fully saturated rings. The summed E-state index contributed by atoms with van der Waals surface area (Å²) in [6.45, 7) is 5.88. The Kier molecular flexibility index (Phi) is 6.49. The van der Waals surface area contributed by atoms with Gasteiger partial charge in [0.2, 0.25) is 5.91 Å². The van der Waals surface area contributed by atoms with Crippen LogP contribution >= 0.6 is 11.6 Å². The van der Waals surface area contributed by atoms with E-state index in [1.54, 1.807) is 31.2 Å². The molecule has 1 atom stereocenters. The summed E-state index contributed by atoms with van der Waals surface area (Å²) in [4.78, 5) is 16.2. The molecular formula is C16H23ClN2O3. The van der Waals surface area contributed by atoms with Crippen LogP contribution in [0, 0.1) is 0 Å². The number of aliphatic hydroxyl groups is 1. The minimum Gasteiger partial charge on any atom is -0.493 e. The normalized spacial score (nSPS) is 17.3. The number of β-amino-alcohol motifs (C(OH)–C–C–N with tert-alkyl or cyclic N) is 1. The van der Waals surface area contributed by atoms with E-state index in [-0.39, 0.29) is 12.0 Å². The first-order valence-corrected chi connectivity index (χ1v) is 7.99. The summed E-state index contributed by atoms with van der Waals surface area (Å²) >= 11 is 5.80. The zero-order chi connectivity index (χ0) is 15.9. The fourth-order valence-corrected chi connectivity index (χ4v) is 2.62. The summed E-state index contributed by atoms with van der Waals surface area (Å²) < 4.78 is 5.55. The lowest BCUT2D eigenvalue weighted by molar-refractivity contribution is -0.133. The van der Waals surface area contributed by atoms with Crippen LogP contribution in [-0.4, -0.2) is 66.2 Å². The van der Waals surface area contributed by atoms with Crippen LogP contribution in [0.15, 0.2) is 24.3 Å². The molecule has 0 bridgehead atoms. The highest BCUT2D eigenvalue weighted by Gasteiger charge is 2.21. The molecule has 0 saturated carbocycles. The van der Waals surface area contributed by atoms with E-state index in [2.05, 4.69) is 4.90 Å². The van der Waals surface area contributed by atoms with Crippen LogP contribution < -0.4 is 4.74 Å². The second-order valence-corrected chi connectivity index (χ2v) is 6.02. The molecule has 1 saturated heterocycles. The van der Waals surface area contributed by atoms with Gasteiger partial charge in [0, 0.05) is 37.7 Å². The van der Waals surface area contributed by atoms with E-state index >= 15 is 0 Å². The van der Waals surface area contributed by atoms with Crippen LogP contribution in [0.25, 0.3) is 0 Å². The maximum absolute atomic E-state index is 12.1. The van der Waals surface area contributed by atoms with Gasteiger partial charge in [0.25, 0.3) is 0 Å². The van der Waals surface area contributed by atoms with Gasteiger partial charge in [-0.1, -0.05) is 11.6 Å². The summed E-state index contributed by atoms with van der Waals surface area (Å²) in [7, 11) is 0. The molecule has 122 valence electrons. The van der Waals surface area contributed by atoms with Gasteiger partial charge in [-0.3, -0.25) is 9.69 Å². The Morgan fingerprint density at radius 3 is 2.50 bits per heavy atom. The molecule has 22 heavy (non-hydrogen) atoms. The molecule has 0 unspecified atom stereocenters. The van der Waals surface area contributed by atoms with Crippen LogP contribution in [0.4, 0.5) is 0 Å². The van der Waals surface area contributed by atoms with Crippen LogP contribution in [-0.2, 0) is 4.79 Å². The number of aliphatic hydroxyl groups excluding tert-OH is 1. The number of hydrogen-bond acceptors (Lipinski definition) is 4. The maximum Gasteiger partial charge on any atom is 0.226 e. The fraction of sp³-hybridized carbons (Fsp3) is 0.562. The average molecular weight is 327 g/mol. The molecule has 0 aliphatic carbocycles. The molecule has 1 aliphatic rings. The van der Waals surface area contributed by atoms with Crippen molar-refractivity contribution in [3.63, 3.8) is 0 Å². The van der Waals surface area contributed by atoms with E-state index in [4.69, 9.17) is 16.3 Å². The predicted octanol–water partition coefficient (Wildman–Crippen LogP) is 1.63. The van der Waals surface area contributed by atoms with E-state index in [0.29, 0.717) is 37.7 Å².